The highest BCUT2D eigenvalue weighted by Gasteiger charge is 2.08. The maximum atomic E-state index is 5.87. The fraction of sp³-hybridized carbons (Fsp3) is 0.484. The fourth-order valence-corrected chi connectivity index (χ4v) is 4.26. The predicted octanol–water partition coefficient (Wildman–Crippen LogP) is 8.77. The molecule has 0 saturated carbocycles. The number of unbranched alkanes of at least 4 members (excludes halogenated alkanes) is 3. The molecule has 1 heterocycles. The summed E-state index contributed by atoms with van der Waals surface area (Å²) in [6.45, 7) is 9.95. The van der Waals surface area contributed by atoms with Gasteiger partial charge < -0.3 is 4.74 Å². The van der Waals surface area contributed by atoms with Crippen molar-refractivity contribution in [2.75, 3.05) is 6.61 Å². The Kier molecular flexibility index (Phi) is 10.6. The monoisotopic (exact) mass is 458 g/mol. The van der Waals surface area contributed by atoms with E-state index in [0.717, 1.165) is 42.5 Å². The van der Waals surface area contributed by atoms with Gasteiger partial charge in [0.25, 0.3) is 0 Å². The SMILES string of the molecule is CCCCCCOc1ccc(-c2ccc(-c3ncc(CC(C)CCCC(C)C)cn3)cc2)cc1. The molecular formula is C31H42N2O. The molecule has 0 aliphatic rings. The van der Waals surface area contributed by atoms with Crippen LogP contribution in [0.3, 0.4) is 0 Å². The Morgan fingerprint density at radius 3 is 1.94 bits per heavy atom. The molecular weight excluding hydrogens is 416 g/mol. The van der Waals surface area contributed by atoms with E-state index in [9.17, 15) is 0 Å². The lowest BCUT2D eigenvalue weighted by Gasteiger charge is -2.12. The molecule has 34 heavy (non-hydrogen) atoms. The Hall–Kier alpha value is -2.68. The largest absolute Gasteiger partial charge is 0.494 e. The van der Waals surface area contributed by atoms with Crippen LogP contribution in [-0.4, -0.2) is 16.6 Å². The molecule has 3 aromatic rings. The highest BCUT2D eigenvalue weighted by atomic mass is 16.5. The first-order chi connectivity index (χ1) is 16.5. The van der Waals surface area contributed by atoms with Crippen molar-refractivity contribution in [1.29, 1.82) is 0 Å². The van der Waals surface area contributed by atoms with Crippen LogP contribution >= 0.6 is 0 Å². The molecule has 0 fully saturated rings. The average molecular weight is 459 g/mol. The molecule has 0 N–H and O–H groups in total. The molecule has 1 unspecified atom stereocenters. The number of aromatic nitrogens is 2. The Morgan fingerprint density at radius 1 is 0.706 bits per heavy atom. The maximum Gasteiger partial charge on any atom is 0.159 e. The van der Waals surface area contributed by atoms with Gasteiger partial charge >= 0.3 is 0 Å². The van der Waals surface area contributed by atoms with E-state index in [0.29, 0.717) is 5.92 Å². The number of ether oxygens (including phenoxy) is 1. The lowest BCUT2D eigenvalue weighted by Crippen LogP contribution is -2.02. The normalized spacial score (nSPS) is 12.1. The standard InChI is InChI=1S/C31H42N2O/c1-5-6-7-8-20-34-30-18-16-28(17-19-30)27-12-14-29(15-13-27)31-32-22-26(23-33-31)21-25(4)11-9-10-24(2)3/h12-19,22-25H,5-11,20-21H2,1-4H3. The quantitative estimate of drug-likeness (QED) is 0.226. The third-order valence-electron chi connectivity index (χ3n) is 6.37. The van der Waals surface area contributed by atoms with Crippen LogP contribution in [-0.2, 0) is 6.42 Å². The fourth-order valence-electron chi connectivity index (χ4n) is 4.26. The molecule has 2 aromatic carbocycles. The van der Waals surface area contributed by atoms with E-state index in [2.05, 4.69) is 86.2 Å². The van der Waals surface area contributed by atoms with E-state index in [4.69, 9.17) is 4.74 Å². The van der Waals surface area contributed by atoms with Crippen molar-refractivity contribution in [3.05, 3.63) is 66.5 Å². The summed E-state index contributed by atoms with van der Waals surface area (Å²) >= 11 is 0. The Bertz CT molecular complexity index is 946. The number of hydrogen-bond acceptors (Lipinski definition) is 3. The lowest BCUT2D eigenvalue weighted by molar-refractivity contribution is 0.305. The molecule has 0 spiro atoms. The highest BCUT2D eigenvalue weighted by Crippen LogP contribution is 2.25. The Labute approximate surface area is 207 Å². The lowest BCUT2D eigenvalue weighted by atomic mass is 9.95. The molecule has 1 aromatic heterocycles. The summed E-state index contributed by atoms with van der Waals surface area (Å²) < 4.78 is 5.87. The first-order valence-electron chi connectivity index (χ1n) is 13.2. The Morgan fingerprint density at radius 2 is 1.32 bits per heavy atom. The van der Waals surface area contributed by atoms with Gasteiger partial charge in [-0.05, 0) is 53.5 Å². The molecule has 0 aliphatic carbocycles. The van der Waals surface area contributed by atoms with E-state index in [1.54, 1.807) is 0 Å². The molecule has 3 rings (SSSR count). The van der Waals surface area contributed by atoms with Crippen LogP contribution in [0.1, 0.15) is 78.2 Å². The van der Waals surface area contributed by atoms with E-state index >= 15 is 0 Å². The molecule has 0 bridgehead atoms. The van der Waals surface area contributed by atoms with Gasteiger partial charge in [0.15, 0.2) is 5.82 Å². The van der Waals surface area contributed by atoms with Gasteiger partial charge in [0, 0.05) is 18.0 Å². The third kappa shape index (κ3) is 8.59. The summed E-state index contributed by atoms with van der Waals surface area (Å²) in [4.78, 5) is 9.29. The van der Waals surface area contributed by atoms with Crippen molar-refractivity contribution in [3.63, 3.8) is 0 Å². The van der Waals surface area contributed by atoms with Crippen molar-refractivity contribution in [2.24, 2.45) is 11.8 Å². The van der Waals surface area contributed by atoms with Crippen LogP contribution in [0.4, 0.5) is 0 Å². The van der Waals surface area contributed by atoms with Gasteiger partial charge in [-0.2, -0.15) is 0 Å². The van der Waals surface area contributed by atoms with E-state index < -0.39 is 0 Å². The minimum absolute atomic E-state index is 0.672. The van der Waals surface area contributed by atoms with E-state index in [1.807, 2.05) is 12.4 Å². The van der Waals surface area contributed by atoms with E-state index in [-0.39, 0.29) is 0 Å². The van der Waals surface area contributed by atoms with Crippen LogP contribution < -0.4 is 4.74 Å². The van der Waals surface area contributed by atoms with Crippen LogP contribution in [0, 0.1) is 11.8 Å². The van der Waals surface area contributed by atoms with Gasteiger partial charge in [0.2, 0.25) is 0 Å². The minimum Gasteiger partial charge on any atom is -0.494 e. The molecule has 1 atom stereocenters. The molecule has 0 saturated heterocycles. The topological polar surface area (TPSA) is 35.0 Å². The summed E-state index contributed by atoms with van der Waals surface area (Å²) in [5.41, 5.74) is 4.65. The number of hydrogen-bond donors (Lipinski definition) is 0. The first kappa shape index (κ1) is 25.9. The van der Waals surface area contributed by atoms with Gasteiger partial charge in [-0.1, -0.05) is 103 Å². The average Bonchev–Trinajstić information content (AvgIpc) is 2.85. The predicted molar refractivity (Wildman–Crippen MR) is 144 cm³/mol. The van der Waals surface area contributed by atoms with Gasteiger partial charge in [-0.3, -0.25) is 0 Å². The highest BCUT2D eigenvalue weighted by molar-refractivity contribution is 5.68. The molecule has 3 heteroatoms. The van der Waals surface area contributed by atoms with Crippen LogP contribution in [0.2, 0.25) is 0 Å². The summed E-state index contributed by atoms with van der Waals surface area (Å²) in [6.07, 6.45) is 13.8. The van der Waals surface area contributed by atoms with Crippen molar-refractivity contribution >= 4 is 0 Å². The van der Waals surface area contributed by atoms with Gasteiger partial charge in [-0.15, -0.1) is 0 Å². The zero-order chi connectivity index (χ0) is 24.2. The summed E-state index contributed by atoms with van der Waals surface area (Å²) in [5.74, 6) is 3.19. The van der Waals surface area contributed by atoms with Gasteiger partial charge in [0.1, 0.15) is 5.75 Å². The van der Waals surface area contributed by atoms with E-state index in [1.165, 1.54) is 55.2 Å². The second-order valence-electron chi connectivity index (χ2n) is 10.1. The molecule has 0 aliphatic heterocycles. The summed E-state index contributed by atoms with van der Waals surface area (Å²) in [5, 5.41) is 0. The smallest absolute Gasteiger partial charge is 0.159 e. The zero-order valence-electron chi connectivity index (χ0n) is 21.6. The Balaban J connectivity index is 1.52. The number of benzene rings is 2. The maximum absolute atomic E-state index is 5.87. The van der Waals surface area contributed by atoms with Crippen LogP contribution in [0.15, 0.2) is 60.9 Å². The minimum atomic E-state index is 0.672. The number of rotatable bonds is 14. The first-order valence-corrected chi connectivity index (χ1v) is 13.2. The second-order valence-corrected chi connectivity index (χ2v) is 10.1. The molecule has 182 valence electrons. The third-order valence-corrected chi connectivity index (χ3v) is 6.37. The second kappa shape index (κ2) is 13.9. The zero-order valence-corrected chi connectivity index (χ0v) is 21.6. The van der Waals surface area contributed by atoms with Crippen molar-refractivity contribution in [3.8, 4) is 28.3 Å². The molecule has 3 nitrogen and oxygen atoms in total. The van der Waals surface area contributed by atoms with Gasteiger partial charge in [0.05, 0.1) is 6.61 Å². The van der Waals surface area contributed by atoms with Gasteiger partial charge in [-0.25, -0.2) is 9.97 Å². The summed E-state index contributed by atoms with van der Waals surface area (Å²) in [7, 11) is 0. The number of nitrogens with zero attached hydrogens (tertiary/aromatic N) is 2. The van der Waals surface area contributed by atoms with Crippen LogP contribution in [0.5, 0.6) is 5.75 Å². The van der Waals surface area contributed by atoms with Crippen molar-refractivity contribution in [1.82, 2.24) is 9.97 Å². The van der Waals surface area contributed by atoms with Crippen molar-refractivity contribution < 1.29 is 4.74 Å². The molecule has 0 amide bonds. The summed E-state index contributed by atoms with van der Waals surface area (Å²) in [6, 6.07) is 16.9. The molecule has 0 radical (unpaired) electrons. The van der Waals surface area contributed by atoms with Crippen molar-refractivity contribution in [2.45, 2.75) is 79.1 Å². The van der Waals surface area contributed by atoms with Crippen LogP contribution in [0.25, 0.3) is 22.5 Å².